The topological polar surface area (TPSA) is 84.8 Å². The number of aliphatic imine (C=N–C) groups is 1. The SMILES string of the molecule is CC1=NC(=S)NC(c2ccc3c(c2)OCO3)C1C(=O)Nc1ccccn1. The van der Waals surface area contributed by atoms with E-state index in [4.69, 9.17) is 21.7 Å². The highest BCUT2D eigenvalue weighted by molar-refractivity contribution is 7.80. The Bertz CT molecular complexity index is 901. The van der Waals surface area contributed by atoms with Crippen LogP contribution < -0.4 is 20.1 Å². The number of benzene rings is 1. The highest BCUT2D eigenvalue weighted by Gasteiger charge is 2.36. The maximum Gasteiger partial charge on any atom is 0.236 e. The second kappa shape index (κ2) is 6.72. The molecule has 4 rings (SSSR count). The number of ether oxygens (including phenoxy) is 2. The molecule has 7 nitrogen and oxygen atoms in total. The fraction of sp³-hybridized carbons (Fsp3) is 0.222. The van der Waals surface area contributed by atoms with E-state index in [0.717, 1.165) is 5.56 Å². The number of aromatic nitrogens is 1. The van der Waals surface area contributed by atoms with E-state index >= 15 is 0 Å². The van der Waals surface area contributed by atoms with E-state index in [1.807, 2.05) is 24.3 Å². The Morgan fingerprint density at radius 1 is 1.27 bits per heavy atom. The zero-order valence-corrected chi connectivity index (χ0v) is 14.7. The highest BCUT2D eigenvalue weighted by atomic mass is 32.1. The summed E-state index contributed by atoms with van der Waals surface area (Å²) in [5.41, 5.74) is 1.51. The molecule has 0 spiro atoms. The lowest BCUT2D eigenvalue weighted by molar-refractivity contribution is -0.118. The summed E-state index contributed by atoms with van der Waals surface area (Å²) in [4.78, 5) is 21.3. The first-order valence-corrected chi connectivity index (χ1v) is 8.50. The van der Waals surface area contributed by atoms with Crippen LogP contribution in [0.4, 0.5) is 5.82 Å². The molecule has 132 valence electrons. The minimum Gasteiger partial charge on any atom is -0.454 e. The van der Waals surface area contributed by atoms with Crippen LogP contribution in [0.1, 0.15) is 18.5 Å². The van der Waals surface area contributed by atoms with Gasteiger partial charge in [-0.2, -0.15) is 0 Å². The quantitative estimate of drug-likeness (QED) is 0.810. The van der Waals surface area contributed by atoms with Crippen molar-refractivity contribution in [1.29, 1.82) is 0 Å². The Hall–Kier alpha value is -3.00. The molecule has 2 unspecified atom stereocenters. The number of rotatable bonds is 3. The van der Waals surface area contributed by atoms with Gasteiger partial charge in [0.1, 0.15) is 11.7 Å². The summed E-state index contributed by atoms with van der Waals surface area (Å²) < 4.78 is 10.8. The lowest BCUT2D eigenvalue weighted by Crippen LogP contribution is -2.45. The van der Waals surface area contributed by atoms with Gasteiger partial charge in [0, 0.05) is 11.9 Å². The van der Waals surface area contributed by atoms with Crippen LogP contribution in [-0.2, 0) is 4.79 Å². The molecule has 2 atom stereocenters. The van der Waals surface area contributed by atoms with Gasteiger partial charge in [-0.15, -0.1) is 0 Å². The molecule has 0 radical (unpaired) electrons. The Morgan fingerprint density at radius 2 is 2.12 bits per heavy atom. The summed E-state index contributed by atoms with van der Waals surface area (Å²) in [6.45, 7) is 2.00. The molecule has 2 aromatic rings. The normalized spacial score (nSPS) is 21.0. The molecule has 1 amide bonds. The van der Waals surface area contributed by atoms with E-state index in [1.54, 1.807) is 25.3 Å². The summed E-state index contributed by atoms with van der Waals surface area (Å²) in [5, 5.41) is 6.33. The summed E-state index contributed by atoms with van der Waals surface area (Å²) in [7, 11) is 0. The first-order valence-electron chi connectivity index (χ1n) is 8.09. The lowest BCUT2D eigenvalue weighted by Gasteiger charge is -2.31. The molecule has 1 aromatic heterocycles. The van der Waals surface area contributed by atoms with Gasteiger partial charge in [-0.05, 0) is 49.0 Å². The van der Waals surface area contributed by atoms with Crippen LogP contribution >= 0.6 is 12.2 Å². The van der Waals surface area contributed by atoms with E-state index in [1.165, 1.54) is 0 Å². The molecule has 0 fully saturated rings. The number of pyridine rings is 1. The summed E-state index contributed by atoms with van der Waals surface area (Å²) in [5.74, 6) is 1.08. The zero-order valence-electron chi connectivity index (χ0n) is 13.9. The first-order chi connectivity index (χ1) is 12.6. The molecule has 26 heavy (non-hydrogen) atoms. The second-order valence-electron chi connectivity index (χ2n) is 5.97. The average Bonchev–Trinajstić information content (AvgIpc) is 3.09. The number of carbonyl (C=O) groups is 1. The smallest absolute Gasteiger partial charge is 0.236 e. The Labute approximate surface area is 155 Å². The van der Waals surface area contributed by atoms with Crippen molar-refractivity contribution in [1.82, 2.24) is 10.3 Å². The van der Waals surface area contributed by atoms with Crippen LogP contribution in [0.5, 0.6) is 11.5 Å². The van der Waals surface area contributed by atoms with Crippen molar-refractivity contribution in [2.45, 2.75) is 13.0 Å². The van der Waals surface area contributed by atoms with Gasteiger partial charge in [0.15, 0.2) is 16.6 Å². The van der Waals surface area contributed by atoms with E-state index in [0.29, 0.717) is 28.1 Å². The van der Waals surface area contributed by atoms with Crippen molar-refractivity contribution >= 4 is 34.8 Å². The number of hydrogen-bond donors (Lipinski definition) is 2. The maximum atomic E-state index is 12.9. The number of nitrogens with one attached hydrogen (secondary N) is 2. The Morgan fingerprint density at radius 3 is 2.92 bits per heavy atom. The largest absolute Gasteiger partial charge is 0.454 e. The fourth-order valence-electron chi connectivity index (χ4n) is 3.08. The Balaban J connectivity index is 1.66. The number of amides is 1. The second-order valence-corrected chi connectivity index (χ2v) is 6.36. The summed E-state index contributed by atoms with van der Waals surface area (Å²) in [6.07, 6.45) is 1.63. The molecule has 1 aromatic carbocycles. The van der Waals surface area contributed by atoms with Gasteiger partial charge in [-0.3, -0.25) is 4.79 Å². The third kappa shape index (κ3) is 3.11. The van der Waals surface area contributed by atoms with Gasteiger partial charge < -0.3 is 20.1 Å². The average molecular weight is 368 g/mol. The number of fused-ring (bicyclic) bond motifs is 1. The number of carbonyl (C=O) groups excluding carboxylic acids is 1. The third-order valence-electron chi connectivity index (χ3n) is 4.29. The van der Waals surface area contributed by atoms with E-state index < -0.39 is 5.92 Å². The van der Waals surface area contributed by atoms with Gasteiger partial charge in [0.2, 0.25) is 12.7 Å². The first kappa shape index (κ1) is 16.5. The lowest BCUT2D eigenvalue weighted by atomic mass is 9.87. The molecule has 8 heteroatoms. The monoisotopic (exact) mass is 368 g/mol. The van der Waals surface area contributed by atoms with Gasteiger partial charge in [0.05, 0.1) is 6.04 Å². The molecule has 3 heterocycles. The van der Waals surface area contributed by atoms with Gasteiger partial charge in [-0.1, -0.05) is 12.1 Å². The summed E-state index contributed by atoms with van der Waals surface area (Å²) >= 11 is 5.23. The van der Waals surface area contributed by atoms with Crippen LogP contribution in [0.3, 0.4) is 0 Å². The van der Waals surface area contributed by atoms with Gasteiger partial charge in [0.25, 0.3) is 0 Å². The molecule has 2 N–H and O–H groups in total. The number of anilines is 1. The van der Waals surface area contributed by atoms with Crippen molar-refractivity contribution < 1.29 is 14.3 Å². The molecular weight excluding hydrogens is 352 g/mol. The van der Waals surface area contributed by atoms with Crippen molar-refractivity contribution in [2.75, 3.05) is 12.1 Å². The van der Waals surface area contributed by atoms with Crippen molar-refractivity contribution in [3.05, 3.63) is 48.2 Å². The zero-order chi connectivity index (χ0) is 18.1. The van der Waals surface area contributed by atoms with Gasteiger partial charge >= 0.3 is 0 Å². The molecule has 0 bridgehead atoms. The molecular formula is C18H16N4O3S. The number of thiocarbonyl (C=S) groups is 1. The van der Waals surface area contributed by atoms with E-state index in [-0.39, 0.29) is 18.7 Å². The van der Waals surface area contributed by atoms with Crippen molar-refractivity contribution in [3.63, 3.8) is 0 Å². The fourth-order valence-corrected chi connectivity index (χ4v) is 3.35. The third-order valence-corrected chi connectivity index (χ3v) is 4.50. The number of nitrogens with zero attached hydrogens (tertiary/aromatic N) is 2. The van der Waals surface area contributed by atoms with Crippen LogP contribution in [0.2, 0.25) is 0 Å². The van der Waals surface area contributed by atoms with Crippen LogP contribution in [0.15, 0.2) is 47.6 Å². The van der Waals surface area contributed by atoms with Crippen molar-refractivity contribution in [3.8, 4) is 11.5 Å². The van der Waals surface area contributed by atoms with Gasteiger partial charge in [-0.25, -0.2) is 9.98 Å². The predicted octanol–water partition coefficient (Wildman–Crippen LogP) is 2.46. The highest BCUT2D eigenvalue weighted by Crippen LogP contribution is 2.37. The molecule has 0 aliphatic carbocycles. The molecule has 0 saturated carbocycles. The Kier molecular flexibility index (Phi) is 4.26. The van der Waals surface area contributed by atoms with Crippen LogP contribution in [0.25, 0.3) is 0 Å². The predicted molar refractivity (Wildman–Crippen MR) is 101 cm³/mol. The minimum absolute atomic E-state index is 0.194. The van der Waals surface area contributed by atoms with Crippen LogP contribution in [0, 0.1) is 5.92 Å². The van der Waals surface area contributed by atoms with Crippen LogP contribution in [-0.4, -0.2) is 28.5 Å². The minimum atomic E-state index is -0.538. The van der Waals surface area contributed by atoms with Crippen molar-refractivity contribution in [2.24, 2.45) is 10.9 Å². The molecule has 2 aliphatic rings. The van der Waals surface area contributed by atoms with E-state index in [9.17, 15) is 4.79 Å². The van der Waals surface area contributed by atoms with E-state index in [2.05, 4.69) is 20.6 Å². The number of hydrogen-bond acceptors (Lipinski definition) is 5. The standard InChI is InChI=1S/C18H16N4O3S/c1-10-15(17(23)21-14-4-2-3-7-19-14)16(22-18(26)20-10)11-5-6-12-13(8-11)25-9-24-12/h2-8,15-16H,9H2,1H3,(H,22,26)(H,19,21,23). The maximum absolute atomic E-state index is 12.9. The summed E-state index contributed by atoms with van der Waals surface area (Å²) in [6, 6.07) is 10.6. The molecule has 2 aliphatic heterocycles. The molecule has 0 saturated heterocycles.